The van der Waals surface area contributed by atoms with Crippen molar-refractivity contribution in [3.63, 3.8) is 0 Å². The Morgan fingerprint density at radius 2 is 1.90 bits per heavy atom. The molecule has 0 saturated carbocycles. The predicted octanol–water partition coefficient (Wildman–Crippen LogP) is 2.66. The van der Waals surface area contributed by atoms with E-state index in [1.807, 2.05) is 13.8 Å². The number of para-hydroxylation sites is 1. The van der Waals surface area contributed by atoms with E-state index in [1.165, 1.54) is 6.07 Å². The van der Waals surface area contributed by atoms with Crippen molar-refractivity contribution in [1.29, 1.82) is 0 Å². The molecule has 0 fully saturated rings. The number of esters is 1. The summed E-state index contributed by atoms with van der Waals surface area (Å²) in [5, 5.41) is 3.04. The Hall–Kier alpha value is -1.69. The number of benzene rings is 1. The summed E-state index contributed by atoms with van der Waals surface area (Å²) in [5.41, 5.74) is 0. The minimum absolute atomic E-state index is 0.00105. The van der Waals surface area contributed by atoms with Crippen LogP contribution in [0.15, 0.2) is 18.2 Å². The van der Waals surface area contributed by atoms with Gasteiger partial charge in [-0.3, -0.25) is 4.79 Å². The molecule has 1 atom stereocenters. The molecule has 6 heteroatoms. The van der Waals surface area contributed by atoms with Crippen LogP contribution in [0.4, 0.5) is 8.78 Å². The van der Waals surface area contributed by atoms with E-state index in [4.69, 9.17) is 9.47 Å². The molecule has 0 spiro atoms. The molecular weight excluding hydrogens is 280 g/mol. The Morgan fingerprint density at radius 1 is 1.29 bits per heavy atom. The molecule has 1 unspecified atom stereocenters. The normalized spacial score (nSPS) is 12.3. The van der Waals surface area contributed by atoms with Gasteiger partial charge in [-0.25, -0.2) is 8.78 Å². The summed E-state index contributed by atoms with van der Waals surface area (Å²) in [7, 11) is 0. The number of hydrogen-bond acceptors (Lipinski definition) is 4. The van der Waals surface area contributed by atoms with E-state index in [0.29, 0.717) is 0 Å². The summed E-state index contributed by atoms with van der Waals surface area (Å²) >= 11 is 0. The van der Waals surface area contributed by atoms with Crippen LogP contribution in [-0.4, -0.2) is 31.3 Å². The zero-order valence-corrected chi connectivity index (χ0v) is 12.5. The number of ether oxygens (including phenoxy) is 2. The highest BCUT2D eigenvalue weighted by atomic mass is 19.1. The van der Waals surface area contributed by atoms with Crippen LogP contribution in [0.3, 0.4) is 0 Å². The Labute approximate surface area is 123 Å². The summed E-state index contributed by atoms with van der Waals surface area (Å²) in [4.78, 5) is 11.8. The molecule has 0 aliphatic rings. The maximum atomic E-state index is 13.4. The van der Waals surface area contributed by atoms with Gasteiger partial charge in [-0.2, -0.15) is 0 Å². The summed E-state index contributed by atoms with van der Waals surface area (Å²) in [6.07, 6.45) is 0.255. The van der Waals surface area contributed by atoms with E-state index in [2.05, 4.69) is 5.32 Å². The van der Waals surface area contributed by atoms with E-state index >= 15 is 0 Å². The average molecular weight is 301 g/mol. The topological polar surface area (TPSA) is 47.6 Å². The number of hydrogen-bond donors (Lipinski definition) is 1. The zero-order valence-electron chi connectivity index (χ0n) is 12.5. The van der Waals surface area contributed by atoms with Gasteiger partial charge in [0.05, 0.1) is 13.2 Å². The van der Waals surface area contributed by atoms with Gasteiger partial charge < -0.3 is 14.8 Å². The lowest BCUT2D eigenvalue weighted by Crippen LogP contribution is -2.42. The molecule has 0 radical (unpaired) electrons. The number of halogens is 2. The number of rotatable bonds is 8. The zero-order chi connectivity index (χ0) is 15.8. The van der Waals surface area contributed by atoms with Crippen LogP contribution in [-0.2, 0) is 9.53 Å². The van der Waals surface area contributed by atoms with E-state index in [-0.39, 0.29) is 25.7 Å². The van der Waals surface area contributed by atoms with Crippen LogP contribution in [0.25, 0.3) is 0 Å². The largest absolute Gasteiger partial charge is 0.488 e. The van der Waals surface area contributed by atoms with Crippen molar-refractivity contribution >= 4 is 5.97 Å². The first-order chi connectivity index (χ1) is 9.95. The Balaban J connectivity index is 2.58. The third kappa shape index (κ3) is 5.67. The lowest BCUT2D eigenvalue weighted by atomic mass is 10.2. The van der Waals surface area contributed by atoms with Gasteiger partial charge in [-0.05, 0) is 19.1 Å². The average Bonchev–Trinajstić information content (AvgIpc) is 2.40. The number of carbonyl (C=O) groups excluding carboxylic acids is 1. The molecular formula is C15H21F2NO3. The van der Waals surface area contributed by atoms with Crippen LogP contribution in [0.2, 0.25) is 0 Å². The van der Waals surface area contributed by atoms with Gasteiger partial charge in [0.1, 0.15) is 6.04 Å². The molecule has 0 heterocycles. The second-order valence-electron chi connectivity index (χ2n) is 4.81. The van der Waals surface area contributed by atoms with E-state index in [9.17, 15) is 13.6 Å². The molecule has 0 saturated heterocycles. The second-order valence-corrected chi connectivity index (χ2v) is 4.81. The second kappa shape index (κ2) is 8.56. The predicted molar refractivity (Wildman–Crippen MR) is 75.2 cm³/mol. The maximum absolute atomic E-state index is 13.4. The molecule has 0 aromatic heterocycles. The molecule has 1 aromatic rings. The van der Waals surface area contributed by atoms with Crippen LogP contribution in [0.1, 0.15) is 27.2 Å². The van der Waals surface area contributed by atoms with Crippen molar-refractivity contribution in [2.24, 2.45) is 0 Å². The van der Waals surface area contributed by atoms with Crippen LogP contribution >= 0.6 is 0 Å². The standard InChI is InChI=1S/C15H21F2NO3/c1-4-20-15(19)13(18-10(2)3)8-9-21-14-11(16)6-5-7-12(14)17/h5-7,10,13,18H,4,8-9H2,1-3H3. The monoisotopic (exact) mass is 301 g/mol. The third-order valence-electron chi connectivity index (χ3n) is 2.68. The molecule has 1 aromatic carbocycles. The SMILES string of the molecule is CCOC(=O)C(CCOc1c(F)cccc1F)NC(C)C. The van der Waals surface area contributed by atoms with Gasteiger partial charge in [0.25, 0.3) is 0 Å². The first kappa shape index (κ1) is 17.4. The Kier molecular flexibility index (Phi) is 7.08. The van der Waals surface area contributed by atoms with Crippen molar-refractivity contribution in [2.75, 3.05) is 13.2 Å². The first-order valence-corrected chi connectivity index (χ1v) is 6.95. The van der Waals surface area contributed by atoms with Gasteiger partial charge in [0, 0.05) is 12.5 Å². The van der Waals surface area contributed by atoms with Crippen LogP contribution in [0.5, 0.6) is 5.75 Å². The summed E-state index contributed by atoms with van der Waals surface area (Å²) in [6.45, 7) is 5.78. The van der Waals surface area contributed by atoms with Crippen molar-refractivity contribution in [3.05, 3.63) is 29.8 Å². The molecule has 1 rings (SSSR count). The molecule has 0 aliphatic heterocycles. The van der Waals surface area contributed by atoms with E-state index in [1.54, 1.807) is 6.92 Å². The van der Waals surface area contributed by atoms with Crippen LogP contribution in [0, 0.1) is 11.6 Å². The molecule has 0 bridgehead atoms. The number of carbonyl (C=O) groups is 1. The minimum Gasteiger partial charge on any atom is -0.488 e. The highest BCUT2D eigenvalue weighted by molar-refractivity contribution is 5.75. The summed E-state index contributed by atoms with van der Waals surface area (Å²) in [6, 6.07) is 3.00. The quantitative estimate of drug-likeness (QED) is 0.750. The third-order valence-corrected chi connectivity index (χ3v) is 2.68. The fourth-order valence-electron chi connectivity index (χ4n) is 1.81. The lowest BCUT2D eigenvalue weighted by Gasteiger charge is -2.20. The molecule has 0 amide bonds. The van der Waals surface area contributed by atoms with E-state index in [0.717, 1.165) is 12.1 Å². The minimum atomic E-state index is -0.764. The van der Waals surface area contributed by atoms with Gasteiger partial charge in [0.15, 0.2) is 17.4 Å². The Bertz CT molecular complexity index is 446. The fraction of sp³-hybridized carbons (Fsp3) is 0.533. The van der Waals surface area contributed by atoms with Gasteiger partial charge in [-0.1, -0.05) is 19.9 Å². The van der Waals surface area contributed by atoms with Crippen LogP contribution < -0.4 is 10.1 Å². The lowest BCUT2D eigenvalue weighted by molar-refractivity contribution is -0.146. The fourth-order valence-corrected chi connectivity index (χ4v) is 1.81. The molecule has 118 valence electrons. The van der Waals surface area contributed by atoms with Gasteiger partial charge >= 0.3 is 5.97 Å². The summed E-state index contributed by atoms with van der Waals surface area (Å²) in [5.74, 6) is -2.35. The maximum Gasteiger partial charge on any atom is 0.323 e. The molecule has 4 nitrogen and oxygen atoms in total. The highest BCUT2D eigenvalue weighted by Gasteiger charge is 2.21. The van der Waals surface area contributed by atoms with Crippen molar-refractivity contribution in [2.45, 2.75) is 39.3 Å². The molecule has 21 heavy (non-hydrogen) atoms. The van der Waals surface area contributed by atoms with E-state index < -0.39 is 29.4 Å². The van der Waals surface area contributed by atoms with Gasteiger partial charge in [-0.15, -0.1) is 0 Å². The van der Waals surface area contributed by atoms with Crippen molar-refractivity contribution in [3.8, 4) is 5.75 Å². The smallest absolute Gasteiger partial charge is 0.323 e. The highest BCUT2D eigenvalue weighted by Crippen LogP contribution is 2.21. The number of nitrogens with one attached hydrogen (secondary N) is 1. The van der Waals surface area contributed by atoms with Gasteiger partial charge in [0.2, 0.25) is 0 Å². The molecule has 1 N–H and O–H groups in total. The first-order valence-electron chi connectivity index (χ1n) is 6.95. The van der Waals surface area contributed by atoms with Crippen molar-refractivity contribution < 1.29 is 23.0 Å². The van der Waals surface area contributed by atoms with Crippen molar-refractivity contribution in [1.82, 2.24) is 5.32 Å². The summed E-state index contributed by atoms with van der Waals surface area (Å²) < 4.78 is 36.8. The Morgan fingerprint density at radius 3 is 2.43 bits per heavy atom. The molecule has 0 aliphatic carbocycles.